The molecule has 7 heteroatoms. The van der Waals surface area contributed by atoms with E-state index in [4.69, 9.17) is 9.40 Å². The summed E-state index contributed by atoms with van der Waals surface area (Å²) in [6, 6.07) is 5.69. The topological polar surface area (TPSA) is 82.3 Å². The van der Waals surface area contributed by atoms with Crippen molar-refractivity contribution in [1.82, 2.24) is 9.97 Å². The lowest BCUT2D eigenvalue weighted by atomic mass is 9.94. The number of furan rings is 1. The highest BCUT2D eigenvalue weighted by Crippen LogP contribution is 2.29. The van der Waals surface area contributed by atoms with Crippen molar-refractivity contribution in [3.63, 3.8) is 0 Å². The van der Waals surface area contributed by atoms with E-state index in [0.717, 1.165) is 11.5 Å². The summed E-state index contributed by atoms with van der Waals surface area (Å²) in [7, 11) is 2.12. The second-order valence-electron chi connectivity index (χ2n) is 7.33. The third-order valence-corrected chi connectivity index (χ3v) is 5.86. The van der Waals surface area contributed by atoms with Gasteiger partial charge in [0.05, 0.1) is 5.75 Å². The number of nitrogens with zero attached hydrogens (tertiary/aromatic N) is 3. The summed E-state index contributed by atoms with van der Waals surface area (Å²) in [5.41, 5.74) is 1.01. The van der Waals surface area contributed by atoms with Gasteiger partial charge >= 0.3 is 0 Å². The molecule has 0 N–H and O–H groups in total. The Morgan fingerprint density at radius 3 is 2.67 bits per heavy atom. The lowest BCUT2D eigenvalue weighted by Crippen LogP contribution is -2.34. The van der Waals surface area contributed by atoms with Gasteiger partial charge in [0, 0.05) is 24.8 Å². The van der Waals surface area contributed by atoms with Crippen LogP contribution in [0, 0.1) is 0 Å². The second kappa shape index (κ2) is 8.78. The summed E-state index contributed by atoms with van der Waals surface area (Å²) in [5, 5.41) is 11.5. The first-order valence-corrected chi connectivity index (χ1v) is 10.5. The highest BCUT2D eigenvalue weighted by atomic mass is 32.2. The van der Waals surface area contributed by atoms with Crippen LogP contribution in [0.25, 0.3) is 0 Å². The molecule has 0 saturated heterocycles. The van der Waals surface area contributed by atoms with E-state index in [-0.39, 0.29) is 5.76 Å². The maximum atomic E-state index is 10.8. The predicted octanol–water partition coefficient (Wildman–Crippen LogP) is 3.62. The van der Waals surface area contributed by atoms with Crippen LogP contribution in [0.2, 0.25) is 0 Å². The van der Waals surface area contributed by atoms with Gasteiger partial charge in [0.15, 0.2) is 5.16 Å². The molecule has 1 aliphatic carbocycles. The van der Waals surface area contributed by atoms with Crippen LogP contribution in [0.15, 0.2) is 27.8 Å². The zero-order valence-corrected chi connectivity index (χ0v) is 16.9. The van der Waals surface area contributed by atoms with Crippen LogP contribution in [0.3, 0.4) is 0 Å². The second-order valence-corrected chi connectivity index (χ2v) is 8.28. The van der Waals surface area contributed by atoms with E-state index in [1.165, 1.54) is 49.9 Å². The van der Waals surface area contributed by atoms with Crippen molar-refractivity contribution < 1.29 is 14.3 Å². The van der Waals surface area contributed by atoms with E-state index in [9.17, 15) is 9.90 Å². The van der Waals surface area contributed by atoms with Crippen molar-refractivity contribution in [1.29, 1.82) is 0 Å². The Bertz CT molecular complexity index is 785. The summed E-state index contributed by atoms with van der Waals surface area (Å²) in [4.78, 5) is 22.6. The quantitative estimate of drug-likeness (QED) is 0.529. The Morgan fingerprint density at radius 2 is 2.04 bits per heavy atom. The van der Waals surface area contributed by atoms with Gasteiger partial charge in [-0.15, -0.1) is 0 Å². The Hall–Kier alpha value is -2.02. The fraction of sp³-hybridized carbons (Fsp3) is 0.550. The summed E-state index contributed by atoms with van der Waals surface area (Å²) < 4.78 is 5.27. The summed E-state index contributed by atoms with van der Waals surface area (Å²) in [6.07, 6.45) is 6.29. The van der Waals surface area contributed by atoms with Gasteiger partial charge in [0.25, 0.3) is 0 Å². The Labute approximate surface area is 164 Å². The third-order valence-electron chi connectivity index (χ3n) is 4.99. The molecule has 2 heterocycles. The number of thioether (sulfide) groups is 1. The molecule has 2 aromatic rings. The molecular formula is C20H26N3O3S-. The summed E-state index contributed by atoms with van der Waals surface area (Å²) in [5.74, 6) is 0.847. The van der Waals surface area contributed by atoms with E-state index in [1.54, 1.807) is 6.07 Å². The van der Waals surface area contributed by atoms with Gasteiger partial charge in [-0.2, -0.15) is 0 Å². The SMILES string of the molecule is CC(C)c1cc(N(C)C2CCCCC2)nc(SCc2ccc(C(=O)[O-])o2)n1. The minimum absolute atomic E-state index is 0.153. The average Bonchev–Trinajstić information content (AvgIpc) is 3.15. The number of rotatable bonds is 7. The van der Waals surface area contributed by atoms with Crippen molar-refractivity contribution in [3.05, 3.63) is 35.4 Å². The number of carboxylic acids is 1. The highest BCUT2D eigenvalue weighted by Gasteiger charge is 2.21. The number of carboxylic acid groups (broad SMARTS) is 1. The van der Waals surface area contributed by atoms with Gasteiger partial charge in [-0.25, -0.2) is 9.97 Å². The maximum Gasteiger partial charge on any atom is 0.190 e. The molecule has 1 saturated carbocycles. The molecular weight excluding hydrogens is 362 g/mol. The van der Waals surface area contributed by atoms with Crippen molar-refractivity contribution in [2.24, 2.45) is 0 Å². The van der Waals surface area contributed by atoms with Crippen LogP contribution in [-0.2, 0) is 5.75 Å². The van der Waals surface area contributed by atoms with E-state index in [2.05, 4.69) is 36.8 Å². The van der Waals surface area contributed by atoms with E-state index < -0.39 is 5.97 Å². The third kappa shape index (κ3) is 5.03. The molecule has 27 heavy (non-hydrogen) atoms. The number of hydrogen-bond donors (Lipinski definition) is 0. The largest absolute Gasteiger partial charge is 0.542 e. The molecule has 0 aliphatic heterocycles. The van der Waals surface area contributed by atoms with Gasteiger partial charge in [0.2, 0.25) is 0 Å². The Morgan fingerprint density at radius 1 is 1.30 bits per heavy atom. The van der Waals surface area contributed by atoms with Gasteiger partial charge in [-0.3, -0.25) is 0 Å². The molecule has 0 unspecified atom stereocenters. The lowest BCUT2D eigenvalue weighted by molar-refractivity contribution is -0.257. The fourth-order valence-corrected chi connectivity index (χ4v) is 4.08. The standard InChI is InChI=1S/C20H27N3O3S/c1-13(2)16-11-18(23(3)14-7-5-4-6-8-14)22-20(21-16)27-12-15-9-10-17(26-15)19(24)25/h9-11,13-14H,4-8,12H2,1-3H3,(H,24,25)/p-1. The molecule has 0 aromatic carbocycles. The monoisotopic (exact) mass is 388 g/mol. The number of anilines is 1. The fourth-order valence-electron chi connectivity index (χ4n) is 3.33. The highest BCUT2D eigenvalue weighted by molar-refractivity contribution is 7.98. The van der Waals surface area contributed by atoms with Crippen LogP contribution in [0.1, 0.15) is 73.9 Å². The van der Waals surface area contributed by atoms with Crippen molar-refractivity contribution >= 4 is 23.5 Å². The van der Waals surface area contributed by atoms with Crippen LogP contribution in [0.4, 0.5) is 5.82 Å². The van der Waals surface area contributed by atoms with Crippen molar-refractivity contribution in [3.8, 4) is 0 Å². The van der Waals surface area contributed by atoms with Gasteiger partial charge in [-0.05, 0) is 30.9 Å². The molecule has 0 atom stereocenters. The molecule has 3 rings (SSSR count). The van der Waals surface area contributed by atoms with Crippen LogP contribution in [-0.4, -0.2) is 29.0 Å². The molecule has 0 radical (unpaired) electrons. The first-order chi connectivity index (χ1) is 12.9. The molecule has 146 valence electrons. The smallest absolute Gasteiger partial charge is 0.190 e. The van der Waals surface area contributed by atoms with E-state index >= 15 is 0 Å². The van der Waals surface area contributed by atoms with E-state index in [1.807, 2.05) is 0 Å². The Balaban J connectivity index is 1.77. The van der Waals surface area contributed by atoms with Gasteiger partial charge in [-0.1, -0.05) is 44.9 Å². The Kier molecular flexibility index (Phi) is 6.42. The first-order valence-electron chi connectivity index (χ1n) is 9.48. The number of carbonyl (C=O) groups excluding carboxylic acids is 1. The number of hydrogen-bond acceptors (Lipinski definition) is 7. The molecule has 1 aliphatic rings. The molecule has 2 aromatic heterocycles. The number of carbonyl (C=O) groups is 1. The van der Waals surface area contributed by atoms with Gasteiger partial charge in [0.1, 0.15) is 23.3 Å². The first kappa shape index (κ1) is 19.7. The number of aromatic nitrogens is 2. The lowest BCUT2D eigenvalue weighted by Gasteiger charge is -2.32. The van der Waals surface area contributed by atoms with Crippen LogP contribution < -0.4 is 10.0 Å². The zero-order chi connectivity index (χ0) is 19.4. The predicted molar refractivity (Wildman–Crippen MR) is 104 cm³/mol. The molecule has 6 nitrogen and oxygen atoms in total. The summed E-state index contributed by atoms with van der Waals surface area (Å²) in [6.45, 7) is 4.25. The molecule has 0 bridgehead atoms. The number of aromatic carboxylic acids is 1. The minimum Gasteiger partial charge on any atom is -0.542 e. The van der Waals surface area contributed by atoms with Gasteiger partial charge < -0.3 is 19.2 Å². The van der Waals surface area contributed by atoms with E-state index in [0.29, 0.717) is 28.6 Å². The molecule has 0 spiro atoms. The van der Waals surface area contributed by atoms with Crippen LogP contribution in [0.5, 0.6) is 0 Å². The summed E-state index contributed by atoms with van der Waals surface area (Å²) >= 11 is 1.45. The minimum atomic E-state index is -1.30. The molecule has 0 amide bonds. The van der Waals surface area contributed by atoms with Crippen molar-refractivity contribution in [2.75, 3.05) is 11.9 Å². The van der Waals surface area contributed by atoms with Crippen molar-refractivity contribution in [2.45, 2.75) is 68.8 Å². The normalized spacial score (nSPS) is 15.3. The molecule has 1 fully saturated rings. The van der Waals surface area contributed by atoms with Crippen LogP contribution >= 0.6 is 11.8 Å². The zero-order valence-electron chi connectivity index (χ0n) is 16.1. The maximum absolute atomic E-state index is 10.8. The average molecular weight is 389 g/mol.